The number of rotatable bonds is 26. The van der Waals surface area contributed by atoms with Crippen LogP contribution in [-0.4, -0.2) is 57.1 Å². The SMILES string of the molecule is CCCCCCCCCCCCCCCCCCOCC1(COP(=O)(O)OCC[As+](C)(C)C)CCCO1. The van der Waals surface area contributed by atoms with Crippen LogP contribution in [-0.2, 0) is 23.1 Å². The van der Waals surface area contributed by atoms with Gasteiger partial charge >= 0.3 is 136 Å². The van der Waals surface area contributed by atoms with Crippen molar-refractivity contribution in [1.82, 2.24) is 0 Å². The summed E-state index contributed by atoms with van der Waals surface area (Å²) in [7, 11) is -4.06. The molecule has 0 saturated carbocycles. The molecule has 0 spiro atoms. The molecule has 0 aromatic heterocycles. The van der Waals surface area contributed by atoms with Crippen molar-refractivity contribution < 1.29 is 28.0 Å². The molecule has 2 atom stereocenters. The molecule has 6 nitrogen and oxygen atoms in total. The van der Waals surface area contributed by atoms with Crippen LogP contribution in [0.2, 0.25) is 22.3 Å². The summed E-state index contributed by atoms with van der Waals surface area (Å²) < 4.78 is 34.6. The average Bonchev–Trinajstić information content (AvgIpc) is 3.30. The van der Waals surface area contributed by atoms with Gasteiger partial charge in [-0.05, 0) is 0 Å². The second-order valence-electron chi connectivity index (χ2n) is 12.1. The third kappa shape index (κ3) is 21.1. The Balaban J connectivity index is 1.99. The van der Waals surface area contributed by atoms with Crippen molar-refractivity contribution in [3.8, 4) is 0 Å². The molecule has 0 aromatic rings. The Labute approximate surface area is 232 Å². The van der Waals surface area contributed by atoms with Gasteiger partial charge in [-0.25, -0.2) is 0 Å². The first-order valence-electron chi connectivity index (χ1n) is 15.3. The number of phosphoric acid groups is 1. The maximum atomic E-state index is 12.3. The van der Waals surface area contributed by atoms with E-state index in [2.05, 4.69) is 24.1 Å². The predicted molar refractivity (Wildman–Crippen MR) is 158 cm³/mol. The van der Waals surface area contributed by atoms with Crippen LogP contribution in [0.3, 0.4) is 0 Å². The number of hydrogen-bond acceptors (Lipinski definition) is 5. The summed E-state index contributed by atoms with van der Waals surface area (Å²) in [5, 5.41) is 0.857. The maximum absolute atomic E-state index is 12.3. The van der Waals surface area contributed by atoms with Crippen LogP contribution in [0.4, 0.5) is 0 Å². The van der Waals surface area contributed by atoms with Gasteiger partial charge < -0.3 is 0 Å². The molecule has 1 N–H and O–H groups in total. The van der Waals surface area contributed by atoms with Gasteiger partial charge in [-0.2, -0.15) is 0 Å². The average molecular weight is 612 g/mol. The van der Waals surface area contributed by atoms with Crippen LogP contribution in [0.15, 0.2) is 0 Å². The number of phosphoric ester groups is 1. The van der Waals surface area contributed by atoms with E-state index >= 15 is 0 Å². The van der Waals surface area contributed by atoms with E-state index in [-0.39, 0.29) is 13.2 Å². The van der Waals surface area contributed by atoms with Gasteiger partial charge in [0.05, 0.1) is 0 Å². The molecule has 1 fully saturated rings. The normalized spacial score (nSPS) is 19.9. The summed E-state index contributed by atoms with van der Waals surface area (Å²) in [6.07, 6.45) is 23.4. The van der Waals surface area contributed by atoms with Gasteiger partial charge in [-0.1, -0.05) is 96.8 Å². The van der Waals surface area contributed by atoms with Crippen molar-refractivity contribution >= 4 is 21.4 Å². The number of unbranched alkanes of at least 4 members (excludes halogenated alkanes) is 15. The van der Waals surface area contributed by atoms with Gasteiger partial charge in [0.2, 0.25) is 0 Å². The Morgan fingerprint density at radius 1 is 0.757 bits per heavy atom. The first kappa shape index (κ1) is 35.6. The molecule has 222 valence electrons. The third-order valence-corrected chi connectivity index (χ3v) is 11.4. The van der Waals surface area contributed by atoms with E-state index in [0.29, 0.717) is 19.8 Å². The molecule has 1 heterocycles. The Kier molecular flexibility index (Phi) is 20.6. The molecule has 1 saturated heterocycles. The minimum atomic E-state index is -4.06. The van der Waals surface area contributed by atoms with Crippen molar-refractivity contribution in [2.75, 3.05) is 33.0 Å². The van der Waals surface area contributed by atoms with Crippen molar-refractivity contribution in [2.24, 2.45) is 0 Å². The van der Waals surface area contributed by atoms with Gasteiger partial charge in [0.25, 0.3) is 0 Å². The second-order valence-corrected chi connectivity index (χ2v) is 24.1. The Morgan fingerprint density at radius 2 is 1.27 bits per heavy atom. The Hall–Kier alpha value is 0.588. The monoisotopic (exact) mass is 611 g/mol. The molecule has 1 aliphatic heterocycles. The molecule has 1 aliphatic rings. The standard InChI is InChI=1S/C29H60AsO6P/c1-5-6-7-8-9-10-11-12-13-14-15-16-17-18-19-20-24-33-27-29(22-21-25-34-29)28-36-37(31,32)35-26-23-30(2,3)4/h5-28H2,1-4H3/p+1. The van der Waals surface area contributed by atoms with Gasteiger partial charge in [-0.3, -0.25) is 0 Å². The molecule has 0 aliphatic carbocycles. The van der Waals surface area contributed by atoms with E-state index in [0.717, 1.165) is 24.5 Å². The first-order chi connectivity index (χ1) is 17.7. The molecule has 8 heteroatoms. The summed E-state index contributed by atoms with van der Waals surface area (Å²) in [5.41, 5.74) is 6.09. The zero-order chi connectivity index (χ0) is 27.3. The van der Waals surface area contributed by atoms with Gasteiger partial charge in [0.1, 0.15) is 0 Å². The van der Waals surface area contributed by atoms with Crippen molar-refractivity contribution in [2.45, 2.75) is 150 Å². The van der Waals surface area contributed by atoms with Crippen molar-refractivity contribution in [3.05, 3.63) is 0 Å². The van der Waals surface area contributed by atoms with Crippen LogP contribution in [0.25, 0.3) is 0 Å². The van der Waals surface area contributed by atoms with Gasteiger partial charge in [0.15, 0.2) is 0 Å². The molecule has 1 rings (SSSR count). The molecule has 0 radical (unpaired) electrons. The van der Waals surface area contributed by atoms with Crippen molar-refractivity contribution in [1.29, 1.82) is 0 Å². The fourth-order valence-electron chi connectivity index (χ4n) is 4.70. The van der Waals surface area contributed by atoms with Gasteiger partial charge in [0, 0.05) is 0 Å². The molecule has 2 unspecified atom stereocenters. The number of ether oxygens (including phenoxy) is 2. The fourth-order valence-corrected chi connectivity index (χ4v) is 7.15. The summed E-state index contributed by atoms with van der Waals surface area (Å²) >= 11 is -1.65. The summed E-state index contributed by atoms with van der Waals surface area (Å²) in [6.45, 7) is 4.34. The van der Waals surface area contributed by atoms with E-state index < -0.39 is 27.0 Å². The summed E-state index contributed by atoms with van der Waals surface area (Å²) in [5.74, 6) is 0. The van der Waals surface area contributed by atoms with E-state index in [1.807, 2.05) is 0 Å². The zero-order valence-corrected chi connectivity index (χ0v) is 27.6. The zero-order valence-electron chi connectivity index (χ0n) is 24.9. The van der Waals surface area contributed by atoms with Crippen LogP contribution < -0.4 is 0 Å². The fraction of sp³-hybridized carbons (Fsp3) is 1.00. The topological polar surface area (TPSA) is 74.2 Å². The van der Waals surface area contributed by atoms with Gasteiger partial charge in [-0.15, -0.1) is 0 Å². The molecule has 0 aromatic carbocycles. The van der Waals surface area contributed by atoms with Crippen molar-refractivity contribution in [3.63, 3.8) is 0 Å². The van der Waals surface area contributed by atoms with E-state index in [1.165, 1.54) is 96.3 Å². The molecule has 0 amide bonds. The molecule has 0 bridgehead atoms. The first-order valence-corrected chi connectivity index (χ1v) is 23.8. The summed E-state index contributed by atoms with van der Waals surface area (Å²) in [6, 6.07) is 0. The third-order valence-electron chi connectivity index (χ3n) is 7.20. The van der Waals surface area contributed by atoms with Crippen LogP contribution >= 0.6 is 7.82 Å². The Morgan fingerprint density at radius 3 is 1.73 bits per heavy atom. The van der Waals surface area contributed by atoms with Crippen LogP contribution in [0.5, 0.6) is 0 Å². The van der Waals surface area contributed by atoms with Crippen LogP contribution in [0, 0.1) is 0 Å². The summed E-state index contributed by atoms with van der Waals surface area (Å²) in [4.78, 5) is 10.0. The van der Waals surface area contributed by atoms with E-state index in [4.69, 9.17) is 18.5 Å². The molecular weight excluding hydrogens is 550 g/mol. The molecule has 37 heavy (non-hydrogen) atoms. The second kappa shape index (κ2) is 21.4. The minimum absolute atomic E-state index is 0.0371. The van der Waals surface area contributed by atoms with Crippen LogP contribution in [0.1, 0.15) is 122 Å². The molecular formula is C29H61AsO6P+. The van der Waals surface area contributed by atoms with E-state index in [9.17, 15) is 9.46 Å². The predicted octanol–water partition coefficient (Wildman–Crippen LogP) is 9.29. The quantitative estimate of drug-likeness (QED) is 0.0597. The van der Waals surface area contributed by atoms with E-state index in [1.54, 1.807) is 0 Å². The number of hydrogen-bond donors (Lipinski definition) is 1. The Bertz CT molecular complexity index is 577.